The molecular weight excluding hydrogens is 392 g/mol. The molecule has 3 heterocycles. The summed E-state index contributed by atoms with van der Waals surface area (Å²) in [4.78, 5) is 4.27. The third-order valence-corrected chi connectivity index (χ3v) is 7.90. The predicted molar refractivity (Wildman–Crippen MR) is 118 cm³/mol. The molecular formula is C22H20O2S3. The van der Waals surface area contributed by atoms with Crippen molar-refractivity contribution < 1.29 is 10.2 Å². The number of rotatable bonds is 4. The Labute approximate surface area is 171 Å². The van der Waals surface area contributed by atoms with Crippen LogP contribution in [0.3, 0.4) is 0 Å². The number of hydrogen-bond donors (Lipinski definition) is 2. The molecule has 0 radical (unpaired) electrons. The number of hydrogen-bond acceptors (Lipinski definition) is 5. The maximum Gasteiger partial charge on any atom is 0.139 e. The Hall–Kier alpha value is -1.92. The number of allylic oxidation sites excluding steroid dienone is 2. The molecule has 27 heavy (non-hydrogen) atoms. The normalized spacial score (nSPS) is 20.7. The summed E-state index contributed by atoms with van der Waals surface area (Å²) in [5.74, 6) is 0.168. The third kappa shape index (κ3) is 3.36. The molecule has 0 spiro atoms. The SMILES string of the molecule is CCc1ccc(C2=CC(=C(/C)c3cccs3)/C(=C(\O)c3cccs3)C2O)s1. The van der Waals surface area contributed by atoms with E-state index in [1.54, 1.807) is 22.7 Å². The summed E-state index contributed by atoms with van der Waals surface area (Å²) in [6, 6.07) is 12.1. The summed E-state index contributed by atoms with van der Waals surface area (Å²) in [5, 5.41) is 26.1. The molecule has 0 bridgehead atoms. The Balaban J connectivity index is 1.90. The minimum atomic E-state index is -0.833. The monoisotopic (exact) mass is 412 g/mol. The Kier molecular flexibility index (Phi) is 5.19. The van der Waals surface area contributed by atoms with Gasteiger partial charge in [0.1, 0.15) is 11.9 Å². The fourth-order valence-electron chi connectivity index (χ4n) is 3.28. The van der Waals surface area contributed by atoms with Crippen molar-refractivity contribution >= 4 is 50.9 Å². The van der Waals surface area contributed by atoms with Crippen molar-refractivity contribution in [1.29, 1.82) is 0 Å². The van der Waals surface area contributed by atoms with Gasteiger partial charge in [0.05, 0.1) is 4.88 Å². The first-order valence-corrected chi connectivity index (χ1v) is 11.4. The van der Waals surface area contributed by atoms with E-state index in [2.05, 4.69) is 32.0 Å². The van der Waals surface area contributed by atoms with Crippen LogP contribution in [0.2, 0.25) is 0 Å². The molecule has 1 aliphatic rings. The highest BCUT2D eigenvalue weighted by Gasteiger charge is 2.33. The molecule has 3 aromatic rings. The van der Waals surface area contributed by atoms with E-state index in [4.69, 9.17) is 0 Å². The molecule has 5 heteroatoms. The summed E-state index contributed by atoms with van der Waals surface area (Å²) in [6.07, 6.45) is 2.19. The summed E-state index contributed by atoms with van der Waals surface area (Å²) in [5.41, 5.74) is 3.45. The molecule has 0 saturated heterocycles. The van der Waals surface area contributed by atoms with E-state index in [0.717, 1.165) is 37.8 Å². The van der Waals surface area contributed by atoms with Gasteiger partial charge in [-0.3, -0.25) is 0 Å². The number of thiophene rings is 3. The van der Waals surface area contributed by atoms with Crippen LogP contribution in [-0.2, 0) is 6.42 Å². The minimum Gasteiger partial charge on any atom is -0.506 e. The van der Waals surface area contributed by atoms with E-state index >= 15 is 0 Å². The highest BCUT2D eigenvalue weighted by atomic mass is 32.1. The van der Waals surface area contributed by atoms with E-state index < -0.39 is 6.10 Å². The maximum absolute atomic E-state index is 11.2. The highest BCUT2D eigenvalue weighted by molar-refractivity contribution is 7.13. The van der Waals surface area contributed by atoms with Gasteiger partial charge in [0.15, 0.2) is 0 Å². The molecule has 1 atom stereocenters. The molecule has 4 rings (SSSR count). The van der Waals surface area contributed by atoms with Gasteiger partial charge in [0, 0.05) is 25.8 Å². The predicted octanol–water partition coefficient (Wildman–Crippen LogP) is 6.63. The van der Waals surface area contributed by atoms with E-state index in [1.165, 1.54) is 16.2 Å². The molecule has 0 fully saturated rings. The lowest BCUT2D eigenvalue weighted by molar-refractivity contribution is 0.272. The van der Waals surface area contributed by atoms with Crippen molar-refractivity contribution in [1.82, 2.24) is 0 Å². The first-order valence-electron chi connectivity index (χ1n) is 8.81. The highest BCUT2D eigenvalue weighted by Crippen LogP contribution is 2.45. The molecule has 138 valence electrons. The average Bonchev–Trinajstić information content (AvgIpc) is 3.47. The molecule has 0 amide bonds. The van der Waals surface area contributed by atoms with E-state index in [1.807, 2.05) is 35.0 Å². The molecule has 1 aliphatic carbocycles. The Morgan fingerprint density at radius 1 is 1.04 bits per heavy atom. The zero-order chi connectivity index (χ0) is 19.0. The van der Waals surface area contributed by atoms with E-state index in [9.17, 15) is 10.2 Å². The van der Waals surface area contributed by atoms with Gasteiger partial charge in [0.25, 0.3) is 0 Å². The van der Waals surface area contributed by atoms with Crippen LogP contribution in [0.5, 0.6) is 0 Å². The summed E-state index contributed by atoms with van der Waals surface area (Å²) in [6.45, 7) is 4.19. The van der Waals surface area contributed by atoms with Crippen LogP contribution in [-0.4, -0.2) is 16.3 Å². The fourth-order valence-corrected chi connectivity index (χ4v) is 5.70. The quantitative estimate of drug-likeness (QED) is 0.472. The Bertz CT molecular complexity index is 1030. The third-order valence-electron chi connectivity index (χ3n) is 4.76. The van der Waals surface area contributed by atoms with Crippen LogP contribution in [0.25, 0.3) is 16.9 Å². The molecule has 1 unspecified atom stereocenters. The van der Waals surface area contributed by atoms with Crippen molar-refractivity contribution in [2.45, 2.75) is 26.4 Å². The molecule has 2 N–H and O–H groups in total. The molecule has 0 aromatic carbocycles. The van der Waals surface area contributed by atoms with Crippen LogP contribution < -0.4 is 0 Å². The Morgan fingerprint density at radius 3 is 2.33 bits per heavy atom. The second kappa shape index (κ2) is 7.60. The van der Waals surface area contributed by atoms with E-state index in [0.29, 0.717) is 5.57 Å². The van der Waals surface area contributed by atoms with Crippen molar-refractivity contribution in [3.8, 4) is 0 Å². The van der Waals surface area contributed by atoms with Gasteiger partial charge in [-0.25, -0.2) is 0 Å². The van der Waals surface area contributed by atoms with Gasteiger partial charge >= 0.3 is 0 Å². The molecule has 0 saturated carbocycles. The summed E-state index contributed by atoms with van der Waals surface area (Å²) < 4.78 is 0. The second-order valence-electron chi connectivity index (χ2n) is 6.38. The molecule has 3 aromatic heterocycles. The molecule has 0 aliphatic heterocycles. The van der Waals surface area contributed by atoms with Gasteiger partial charge in [-0.05, 0) is 65.6 Å². The number of aliphatic hydroxyl groups excluding tert-OH is 2. The topological polar surface area (TPSA) is 40.5 Å². The van der Waals surface area contributed by atoms with Crippen LogP contribution in [0, 0.1) is 0 Å². The van der Waals surface area contributed by atoms with Crippen molar-refractivity contribution in [3.63, 3.8) is 0 Å². The second-order valence-corrected chi connectivity index (χ2v) is 9.44. The lowest BCUT2D eigenvalue weighted by Gasteiger charge is -2.14. The summed E-state index contributed by atoms with van der Waals surface area (Å²) in [7, 11) is 0. The van der Waals surface area contributed by atoms with Crippen molar-refractivity contribution in [3.05, 3.63) is 83.9 Å². The first-order chi connectivity index (χ1) is 13.1. The van der Waals surface area contributed by atoms with Gasteiger partial charge in [-0.2, -0.15) is 0 Å². The lowest BCUT2D eigenvalue weighted by Crippen LogP contribution is -2.10. The van der Waals surface area contributed by atoms with Crippen LogP contribution in [0.15, 0.2) is 64.4 Å². The van der Waals surface area contributed by atoms with Crippen molar-refractivity contribution in [2.75, 3.05) is 0 Å². The van der Waals surface area contributed by atoms with Gasteiger partial charge in [0.2, 0.25) is 0 Å². The number of aliphatic hydroxyl groups is 2. The van der Waals surface area contributed by atoms with Gasteiger partial charge in [-0.15, -0.1) is 34.0 Å². The Morgan fingerprint density at radius 2 is 1.74 bits per heavy atom. The largest absolute Gasteiger partial charge is 0.506 e. The fraction of sp³-hybridized carbons (Fsp3) is 0.182. The van der Waals surface area contributed by atoms with E-state index in [-0.39, 0.29) is 5.76 Å². The van der Waals surface area contributed by atoms with Crippen LogP contribution in [0.1, 0.15) is 33.4 Å². The lowest BCUT2D eigenvalue weighted by atomic mass is 9.98. The zero-order valence-corrected chi connectivity index (χ0v) is 17.5. The minimum absolute atomic E-state index is 0.168. The van der Waals surface area contributed by atoms with Crippen LogP contribution >= 0.6 is 34.0 Å². The summed E-state index contributed by atoms with van der Waals surface area (Å²) >= 11 is 4.85. The number of aryl methyl sites for hydroxylation is 1. The smallest absolute Gasteiger partial charge is 0.139 e. The van der Waals surface area contributed by atoms with Crippen LogP contribution in [0.4, 0.5) is 0 Å². The van der Waals surface area contributed by atoms with Gasteiger partial charge < -0.3 is 10.2 Å². The standard InChI is InChI=1S/C22H20O2S3/c1-3-14-8-9-18(27-14)16-12-15(13(2)17-6-4-10-25-17)20(21(16)23)22(24)19-7-5-11-26-19/h4-12,21,23-24H,3H2,1-2H3/b15-13+,22-20+. The van der Waals surface area contributed by atoms with Gasteiger partial charge in [-0.1, -0.05) is 19.1 Å². The molecule has 2 nitrogen and oxygen atoms in total. The first kappa shape index (κ1) is 18.4. The zero-order valence-electron chi connectivity index (χ0n) is 15.1. The van der Waals surface area contributed by atoms with Crippen molar-refractivity contribution in [2.24, 2.45) is 0 Å². The maximum atomic E-state index is 11.2. The average molecular weight is 413 g/mol.